The minimum absolute atomic E-state index is 0.0526. The summed E-state index contributed by atoms with van der Waals surface area (Å²) < 4.78 is 35.3. The molecule has 0 radical (unpaired) electrons. The standard InChI is InChI=1S/C11H21N3O4S/c1-11(2,3)10-13-9(14-18-10)5-6-12-19(15,16)8-7-17-4/h12H,5-8H2,1-4H3. The SMILES string of the molecule is COCCS(=O)(=O)NCCc1noc(C(C)(C)C)n1. The first-order valence-corrected chi connectivity index (χ1v) is 7.69. The van der Waals surface area contributed by atoms with E-state index < -0.39 is 10.0 Å². The Hall–Kier alpha value is -0.990. The summed E-state index contributed by atoms with van der Waals surface area (Å²) in [6, 6.07) is 0. The van der Waals surface area contributed by atoms with E-state index in [1.54, 1.807) is 0 Å². The molecule has 1 aromatic rings. The number of nitrogens with one attached hydrogen (secondary N) is 1. The Morgan fingerprint density at radius 2 is 2.05 bits per heavy atom. The van der Waals surface area contributed by atoms with E-state index in [0.717, 1.165) is 0 Å². The van der Waals surface area contributed by atoms with Crippen LogP contribution in [0.5, 0.6) is 0 Å². The summed E-state index contributed by atoms with van der Waals surface area (Å²) in [7, 11) is -1.84. The van der Waals surface area contributed by atoms with Gasteiger partial charge in [0.1, 0.15) is 0 Å². The summed E-state index contributed by atoms with van der Waals surface area (Å²) in [6.45, 7) is 6.33. The molecular weight excluding hydrogens is 270 g/mol. The number of aromatic nitrogens is 2. The van der Waals surface area contributed by atoms with Crippen molar-refractivity contribution in [1.82, 2.24) is 14.9 Å². The second-order valence-electron chi connectivity index (χ2n) is 5.22. The van der Waals surface area contributed by atoms with Crippen LogP contribution in [0, 0.1) is 0 Å². The van der Waals surface area contributed by atoms with Crippen LogP contribution in [0.2, 0.25) is 0 Å². The van der Waals surface area contributed by atoms with Gasteiger partial charge in [-0.1, -0.05) is 25.9 Å². The molecule has 0 aliphatic carbocycles. The molecule has 1 rings (SSSR count). The molecule has 0 aliphatic heterocycles. The van der Waals surface area contributed by atoms with Crippen molar-refractivity contribution in [3.8, 4) is 0 Å². The average Bonchev–Trinajstić information content (AvgIpc) is 2.74. The largest absolute Gasteiger partial charge is 0.384 e. The van der Waals surface area contributed by atoms with Crippen molar-refractivity contribution in [3.05, 3.63) is 11.7 Å². The Morgan fingerprint density at radius 1 is 1.37 bits per heavy atom. The second kappa shape index (κ2) is 6.44. The van der Waals surface area contributed by atoms with Gasteiger partial charge in [0.25, 0.3) is 0 Å². The first-order valence-electron chi connectivity index (χ1n) is 6.04. The van der Waals surface area contributed by atoms with E-state index in [4.69, 9.17) is 9.26 Å². The van der Waals surface area contributed by atoms with Gasteiger partial charge in [0.2, 0.25) is 15.9 Å². The zero-order valence-corrected chi connectivity index (χ0v) is 12.6. The Kier molecular flexibility index (Phi) is 5.45. The molecular formula is C11H21N3O4S. The van der Waals surface area contributed by atoms with Gasteiger partial charge < -0.3 is 9.26 Å². The molecule has 0 unspecified atom stereocenters. The molecule has 0 spiro atoms. The minimum atomic E-state index is -3.30. The quantitative estimate of drug-likeness (QED) is 0.785. The molecule has 1 aromatic heterocycles. The maximum Gasteiger partial charge on any atom is 0.232 e. The van der Waals surface area contributed by atoms with E-state index in [-0.39, 0.29) is 24.3 Å². The van der Waals surface area contributed by atoms with Gasteiger partial charge in [-0.2, -0.15) is 4.98 Å². The molecule has 1 N–H and O–H groups in total. The van der Waals surface area contributed by atoms with Gasteiger partial charge in [-0.25, -0.2) is 13.1 Å². The average molecular weight is 291 g/mol. The molecule has 1 heterocycles. The highest BCUT2D eigenvalue weighted by Gasteiger charge is 2.21. The fourth-order valence-electron chi connectivity index (χ4n) is 1.24. The molecule has 0 saturated heterocycles. The zero-order chi connectivity index (χ0) is 14.5. The molecule has 8 heteroatoms. The van der Waals surface area contributed by atoms with E-state index >= 15 is 0 Å². The number of ether oxygens (including phenoxy) is 1. The maximum absolute atomic E-state index is 11.5. The number of rotatable bonds is 7. The number of sulfonamides is 1. The van der Waals surface area contributed by atoms with E-state index in [9.17, 15) is 8.42 Å². The van der Waals surface area contributed by atoms with E-state index in [2.05, 4.69) is 14.9 Å². The third kappa shape index (κ3) is 5.66. The summed E-state index contributed by atoms with van der Waals surface area (Å²) in [4.78, 5) is 4.23. The van der Waals surface area contributed by atoms with Crippen molar-refractivity contribution in [2.75, 3.05) is 26.0 Å². The smallest absolute Gasteiger partial charge is 0.232 e. The summed E-state index contributed by atoms with van der Waals surface area (Å²) in [5, 5.41) is 3.82. The monoisotopic (exact) mass is 291 g/mol. The molecule has 7 nitrogen and oxygen atoms in total. The van der Waals surface area contributed by atoms with Gasteiger partial charge in [0, 0.05) is 25.5 Å². The first kappa shape index (κ1) is 16.1. The van der Waals surface area contributed by atoms with E-state index in [1.165, 1.54) is 7.11 Å². The van der Waals surface area contributed by atoms with Crippen LogP contribution in [-0.2, 0) is 26.6 Å². The molecule has 0 saturated carbocycles. The van der Waals surface area contributed by atoms with Crippen molar-refractivity contribution in [2.24, 2.45) is 0 Å². The number of methoxy groups -OCH3 is 1. The molecule has 110 valence electrons. The molecule has 0 fully saturated rings. The van der Waals surface area contributed by atoms with E-state index in [1.807, 2.05) is 20.8 Å². The van der Waals surface area contributed by atoms with Gasteiger partial charge in [-0.3, -0.25) is 0 Å². The van der Waals surface area contributed by atoms with Crippen LogP contribution in [0.15, 0.2) is 4.52 Å². The van der Waals surface area contributed by atoms with Gasteiger partial charge in [0.15, 0.2) is 5.82 Å². The Labute approximate surface area is 113 Å². The summed E-state index contributed by atoms with van der Waals surface area (Å²) >= 11 is 0. The second-order valence-corrected chi connectivity index (χ2v) is 7.15. The van der Waals surface area contributed by atoms with Crippen LogP contribution in [0.3, 0.4) is 0 Å². The highest BCUT2D eigenvalue weighted by molar-refractivity contribution is 7.89. The van der Waals surface area contributed by atoms with Crippen molar-refractivity contribution < 1.29 is 17.7 Å². The molecule has 0 amide bonds. The van der Waals surface area contributed by atoms with Crippen LogP contribution < -0.4 is 4.72 Å². The van der Waals surface area contributed by atoms with Crippen molar-refractivity contribution in [2.45, 2.75) is 32.6 Å². The number of hydrogen-bond donors (Lipinski definition) is 1. The summed E-state index contributed by atoms with van der Waals surface area (Å²) in [5.74, 6) is 0.993. The topological polar surface area (TPSA) is 94.3 Å². The third-order valence-corrected chi connectivity index (χ3v) is 3.68. The Morgan fingerprint density at radius 3 is 2.58 bits per heavy atom. The predicted octanol–water partition coefficient (Wildman–Crippen LogP) is 0.475. The molecule has 0 aliphatic rings. The lowest BCUT2D eigenvalue weighted by Crippen LogP contribution is -2.30. The highest BCUT2D eigenvalue weighted by atomic mass is 32.2. The lowest BCUT2D eigenvalue weighted by atomic mass is 9.97. The van der Waals surface area contributed by atoms with Crippen LogP contribution in [-0.4, -0.2) is 44.6 Å². The number of nitrogens with zero attached hydrogens (tertiary/aromatic N) is 2. The lowest BCUT2D eigenvalue weighted by Gasteiger charge is -2.10. The lowest BCUT2D eigenvalue weighted by molar-refractivity contribution is 0.217. The summed E-state index contributed by atoms with van der Waals surface area (Å²) in [6.07, 6.45) is 0.395. The van der Waals surface area contributed by atoms with Gasteiger partial charge >= 0.3 is 0 Å². The van der Waals surface area contributed by atoms with Crippen LogP contribution >= 0.6 is 0 Å². The third-order valence-electron chi connectivity index (χ3n) is 2.34. The maximum atomic E-state index is 11.5. The minimum Gasteiger partial charge on any atom is -0.384 e. The van der Waals surface area contributed by atoms with Crippen molar-refractivity contribution >= 4 is 10.0 Å². The fraction of sp³-hybridized carbons (Fsp3) is 0.818. The van der Waals surface area contributed by atoms with Gasteiger partial charge in [-0.15, -0.1) is 0 Å². The Bertz CT molecular complexity index is 490. The van der Waals surface area contributed by atoms with Crippen molar-refractivity contribution in [1.29, 1.82) is 0 Å². The zero-order valence-electron chi connectivity index (χ0n) is 11.8. The first-order chi connectivity index (χ1) is 8.74. The normalized spacial score (nSPS) is 12.8. The van der Waals surface area contributed by atoms with Gasteiger partial charge in [-0.05, 0) is 0 Å². The predicted molar refractivity (Wildman–Crippen MR) is 70.4 cm³/mol. The van der Waals surface area contributed by atoms with Crippen LogP contribution in [0.25, 0.3) is 0 Å². The van der Waals surface area contributed by atoms with Crippen LogP contribution in [0.4, 0.5) is 0 Å². The molecule has 0 atom stereocenters. The molecule has 0 aromatic carbocycles. The Balaban J connectivity index is 2.44. The van der Waals surface area contributed by atoms with Crippen molar-refractivity contribution in [3.63, 3.8) is 0 Å². The summed E-state index contributed by atoms with van der Waals surface area (Å²) in [5.41, 5.74) is -0.205. The highest BCUT2D eigenvalue weighted by Crippen LogP contribution is 2.19. The fourth-order valence-corrected chi connectivity index (χ4v) is 2.19. The van der Waals surface area contributed by atoms with Crippen LogP contribution in [0.1, 0.15) is 32.5 Å². The van der Waals surface area contributed by atoms with E-state index in [0.29, 0.717) is 18.1 Å². The number of hydrogen-bond acceptors (Lipinski definition) is 6. The molecule has 0 bridgehead atoms. The van der Waals surface area contributed by atoms with Gasteiger partial charge in [0.05, 0.1) is 12.4 Å². The molecule has 19 heavy (non-hydrogen) atoms.